The molecule has 1 fully saturated rings. The molecule has 0 N–H and O–H groups in total. The Balaban J connectivity index is 1.57. The number of carbonyl (C=O) groups is 1. The van der Waals surface area contributed by atoms with Crippen LogP contribution in [0.25, 0.3) is 10.2 Å². The predicted molar refractivity (Wildman–Crippen MR) is 103 cm³/mol. The van der Waals surface area contributed by atoms with Gasteiger partial charge < -0.3 is 4.90 Å². The zero-order valence-corrected chi connectivity index (χ0v) is 15.5. The largest absolute Gasteiger partial charge is 0.338 e. The van der Waals surface area contributed by atoms with E-state index in [9.17, 15) is 4.79 Å². The zero-order chi connectivity index (χ0) is 17.4. The molecule has 25 heavy (non-hydrogen) atoms. The van der Waals surface area contributed by atoms with Crippen molar-refractivity contribution in [2.24, 2.45) is 0 Å². The SMILES string of the molecule is Cc1cc(C)cc(C(=O)N2CCC[C@@H](c3nc4ccccc4s3)C2)c1. The lowest BCUT2D eigenvalue weighted by Gasteiger charge is -2.32. The number of likely N-dealkylation sites (tertiary alicyclic amines) is 1. The average molecular weight is 350 g/mol. The molecule has 1 saturated heterocycles. The van der Waals surface area contributed by atoms with Crippen molar-refractivity contribution in [3.63, 3.8) is 0 Å². The second-order valence-corrected chi connectivity index (χ2v) is 8.05. The molecule has 1 aliphatic heterocycles. The van der Waals surface area contributed by atoms with Crippen molar-refractivity contribution < 1.29 is 4.79 Å². The van der Waals surface area contributed by atoms with E-state index in [0.717, 1.165) is 48.1 Å². The molecule has 128 valence electrons. The fourth-order valence-corrected chi connectivity index (χ4v) is 4.80. The van der Waals surface area contributed by atoms with Gasteiger partial charge in [-0.1, -0.05) is 29.3 Å². The minimum atomic E-state index is 0.151. The van der Waals surface area contributed by atoms with E-state index in [1.54, 1.807) is 11.3 Å². The molecule has 0 saturated carbocycles. The Bertz CT molecular complexity index is 877. The summed E-state index contributed by atoms with van der Waals surface area (Å²) in [5.74, 6) is 0.499. The van der Waals surface area contributed by atoms with Crippen LogP contribution >= 0.6 is 11.3 Å². The van der Waals surface area contributed by atoms with Gasteiger partial charge in [-0.3, -0.25) is 4.79 Å². The highest BCUT2D eigenvalue weighted by Gasteiger charge is 2.27. The molecule has 3 aromatic rings. The van der Waals surface area contributed by atoms with Gasteiger partial charge in [-0.2, -0.15) is 0 Å². The van der Waals surface area contributed by atoms with Gasteiger partial charge in [0.1, 0.15) is 0 Å². The normalized spacial score (nSPS) is 17.8. The van der Waals surface area contributed by atoms with Crippen LogP contribution in [0.3, 0.4) is 0 Å². The first kappa shape index (κ1) is 16.3. The van der Waals surface area contributed by atoms with Crippen LogP contribution in [-0.4, -0.2) is 28.9 Å². The number of aryl methyl sites for hydroxylation is 2. The van der Waals surface area contributed by atoms with E-state index in [2.05, 4.69) is 24.3 Å². The van der Waals surface area contributed by atoms with Crippen molar-refractivity contribution in [3.05, 3.63) is 64.2 Å². The second-order valence-electron chi connectivity index (χ2n) is 6.99. The van der Waals surface area contributed by atoms with E-state index >= 15 is 0 Å². The zero-order valence-electron chi connectivity index (χ0n) is 14.7. The lowest BCUT2D eigenvalue weighted by molar-refractivity contribution is 0.0707. The van der Waals surface area contributed by atoms with Crippen LogP contribution in [0.2, 0.25) is 0 Å². The molecule has 3 nitrogen and oxygen atoms in total. The van der Waals surface area contributed by atoms with Crippen molar-refractivity contribution in [2.45, 2.75) is 32.6 Å². The minimum absolute atomic E-state index is 0.151. The third kappa shape index (κ3) is 3.31. The first-order valence-electron chi connectivity index (χ1n) is 8.83. The second kappa shape index (κ2) is 6.60. The third-order valence-electron chi connectivity index (χ3n) is 4.84. The van der Waals surface area contributed by atoms with Gasteiger partial charge in [-0.15, -0.1) is 11.3 Å². The van der Waals surface area contributed by atoms with Crippen molar-refractivity contribution in [1.82, 2.24) is 9.88 Å². The Hall–Kier alpha value is -2.20. The molecule has 1 amide bonds. The summed E-state index contributed by atoms with van der Waals surface area (Å²) in [6, 6.07) is 14.4. The van der Waals surface area contributed by atoms with Crippen LogP contribution in [0.1, 0.15) is 45.3 Å². The molecular formula is C21H22N2OS. The fourth-order valence-electron chi connectivity index (χ4n) is 3.71. The maximum absolute atomic E-state index is 13.0. The lowest BCUT2D eigenvalue weighted by atomic mass is 9.97. The highest BCUT2D eigenvalue weighted by Crippen LogP contribution is 2.33. The molecule has 4 heteroatoms. The van der Waals surface area contributed by atoms with Crippen molar-refractivity contribution >= 4 is 27.5 Å². The average Bonchev–Trinajstić information content (AvgIpc) is 3.04. The molecule has 0 unspecified atom stereocenters. The fraction of sp³-hybridized carbons (Fsp3) is 0.333. The minimum Gasteiger partial charge on any atom is -0.338 e. The molecule has 0 radical (unpaired) electrons. The smallest absolute Gasteiger partial charge is 0.253 e. The Morgan fingerprint density at radius 1 is 1.16 bits per heavy atom. The van der Waals surface area contributed by atoms with Crippen LogP contribution in [0.4, 0.5) is 0 Å². The Labute approximate surface area is 152 Å². The highest BCUT2D eigenvalue weighted by atomic mass is 32.1. The summed E-state index contributed by atoms with van der Waals surface area (Å²) in [5, 5.41) is 1.17. The number of para-hydroxylation sites is 1. The first-order chi connectivity index (χ1) is 12.1. The number of hydrogen-bond acceptors (Lipinski definition) is 3. The summed E-state index contributed by atoms with van der Waals surface area (Å²) in [4.78, 5) is 19.8. The summed E-state index contributed by atoms with van der Waals surface area (Å²) < 4.78 is 1.23. The summed E-state index contributed by atoms with van der Waals surface area (Å²) in [6.45, 7) is 5.70. The van der Waals surface area contributed by atoms with Crippen LogP contribution in [0, 0.1) is 13.8 Å². The Morgan fingerprint density at radius 2 is 1.92 bits per heavy atom. The van der Waals surface area contributed by atoms with Crippen LogP contribution in [0.15, 0.2) is 42.5 Å². The molecule has 0 bridgehead atoms. The van der Waals surface area contributed by atoms with E-state index < -0.39 is 0 Å². The number of fused-ring (bicyclic) bond motifs is 1. The van der Waals surface area contributed by atoms with Crippen molar-refractivity contribution in [3.8, 4) is 0 Å². The van der Waals surface area contributed by atoms with E-state index in [4.69, 9.17) is 4.98 Å². The molecule has 0 aliphatic carbocycles. The number of amides is 1. The molecule has 2 aromatic carbocycles. The predicted octanol–water partition coefficient (Wildman–Crippen LogP) is 4.93. The number of piperidine rings is 1. The first-order valence-corrected chi connectivity index (χ1v) is 9.65. The molecule has 1 atom stereocenters. The third-order valence-corrected chi connectivity index (χ3v) is 6.04. The maximum atomic E-state index is 13.0. The highest BCUT2D eigenvalue weighted by molar-refractivity contribution is 7.18. The number of rotatable bonds is 2. The van der Waals surface area contributed by atoms with Crippen LogP contribution in [0.5, 0.6) is 0 Å². The van der Waals surface area contributed by atoms with Gasteiger partial charge in [-0.05, 0) is 51.0 Å². The Morgan fingerprint density at radius 3 is 2.68 bits per heavy atom. The summed E-state index contributed by atoms with van der Waals surface area (Å²) in [7, 11) is 0. The molecule has 4 rings (SSSR count). The number of carbonyl (C=O) groups excluding carboxylic acids is 1. The molecule has 0 spiro atoms. The lowest BCUT2D eigenvalue weighted by Crippen LogP contribution is -2.39. The van der Waals surface area contributed by atoms with Gasteiger partial charge in [-0.25, -0.2) is 4.98 Å². The number of aromatic nitrogens is 1. The van der Waals surface area contributed by atoms with E-state index in [-0.39, 0.29) is 5.91 Å². The van der Waals surface area contributed by atoms with Gasteiger partial charge >= 0.3 is 0 Å². The van der Waals surface area contributed by atoms with E-state index in [1.807, 2.05) is 36.9 Å². The maximum Gasteiger partial charge on any atom is 0.253 e. The number of hydrogen-bond donors (Lipinski definition) is 0. The molecular weight excluding hydrogens is 328 g/mol. The summed E-state index contributed by atoms with van der Waals surface area (Å²) in [5.41, 5.74) is 4.16. The summed E-state index contributed by atoms with van der Waals surface area (Å²) >= 11 is 1.77. The van der Waals surface area contributed by atoms with Gasteiger partial charge in [0.15, 0.2) is 0 Å². The van der Waals surface area contributed by atoms with Crippen LogP contribution < -0.4 is 0 Å². The van der Waals surface area contributed by atoms with Crippen molar-refractivity contribution in [2.75, 3.05) is 13.1 Å². The molecule has 1 aromatic heterocycles. The van der Waals surface area contributed by atoms with E-state index in [1.165, 1.54) is 9.71 Å². The topological polar surface area (TPSA) is 33.2 Å². The number of nitrogens with zero attached hydrogens (tertiary/aromatic N) is 2. The van der Waals surface area contributed by atoms with E-state index in [0.29, 0.717) is 5.92 Å². The van der Waals surface area contributed by atoms with Gasteiger partial charge in [0.05, 0.1) is 15.2 Å². The van der Waals surface area contributed by atoms with Gasteiger partial charge in [0.2, 0.25) is 0 Å². The Kier molecular flexibility index (Phi) is 4.30. The van der Waals surface area contributed by atoms with Gasteiger partial charge in [0, 0.05) is 24.6 Å². The monoisotopic (exact) mass is 350 g/mol. The number of benzene rings is 2. The standard InChI is InChI=1S/C21H22N2OS/c1-14-10-15(2)12-17(11-14)21(24)23-9-5-6-16(13-23)20-22-18-7-3-4-8-19(18)25-20/h3-4,7-8,10-12,16H,5-6,9,13H2,1-2H3/t16-/m1/s1. The quantitative estimate of drug-likeness (QED) is 0.656. The number of thiazole rings is 1. The summed E-state index contributed by atoms with van der Waals surface area (Å²) in [6.07, 6.45) is 2.15. The molecule has 1 aliphatic rings. The molecule has 2 heterocycles. The van der Waals surface area contributed by atoms with Crippen LogP contribution in [-0.2, 0) is 0 Å². The van der Waals surface area contributed by atoms with Gasteiger partial charge in [0.25, 0.3) is 5.91 Å². The van der Waals surface area contributed by atoms with Crippen molar-refractivity contribution in [1.29, 1.82) is 0 Å².